The predicted molar refractivity (Wildman–Crippen MR) is 82.4 cm³/mol. The molecule has 2 atom stereocenters. The number of rotatable bonds is 5. The van der Waals surface area contributed by atoms with E-state index in [0.717, 1.165) is 0 Å². The maximum Gasteiger partial charge on any atom is 0.427 e. The Morgan fingerprint density at radius 1 is 1.35 bits per heavy atom. The van der Waals surface area contributed by atoms with E-state index in [2.05, 4.69) is 0 Å². The molecule has 0 spiro atoms. The molecule has 1 aliphatic rings. The first-order valence-electron chi connectivity index (χ1n) is 6.77. The molecular weight excluding hydrogens is 321 g/mol. The quantitative estimate of drug-likeness (QED) is 0.473. The van der Waals surface area contributed by atoms with E-state index < -0.39 is 31.1 Å². The molecule has 23 heavy (non-hydrogen) atoms. The number of phenols is 1. The Hall–Kier alpha value is -2.21. The first-order chi connectivity index (χ1) is 10.7. The Balaban J connectivity index is 2.31. The van der Waals surface area contributed by atoms with Gasteiger partial charge >= 0.3 is 7.75 Å². The summed E-state index contributed by atoms with van der Waals surface area (Å²) in [5.41, 5.74) is 0.371. The molecule has 0 fully saturated rings. The van der Waals surface area contributed by atoms with Crippen molar-refractivity contribution in [2.75, 3.05) is 0 Å². The minimum atomic E-state index is -4.64. The molecule has 1 aromatic rings. The summed E-state index contributed by atoms with van der Waals surface area (Å²) < 4.78 is 11.1. The number of carbonyl (C=O) groups is 2. The fourth-order valence-corrected chi connectivity index (χ4v) is 2.90. The first kappa shape index (κ1) is 17.1. The minimum Gasteiger partial charge on any atom is -0.508 e. The number of benzene rings is 1. The zero-order chi connectivity index (χ0) is 17.2. The molecule has 0 saturated carbocycles. The summed E-state index contributed by atoms with van der Waals surface area (Å²) in [7, 11) is -4.64. The van der Waals surface area contributed by atoms with Crippen molar-refractivity contribution in [3.63, 3.8) is 0 Å². The summed E-state index contributed by atoms with van der Waals surface area (Å²) in [6.07, 6.45) is 3.80. The number of nitrogens with one attached hydrogen (secondary N) is 1. The Morgan fingerprint density at radius 2 is 2.04 bits per heavy atom. The number of allylic oxidation sites excluding steroid dienone is 4. The van der Waals surface area contributed by atoms with Crippen LogP contribution in [-0.2, 0) is 14.2 Å². The number of carbonyl (C=O) groups excluding carboxylic acids is 2. The Bertz CT molecular complexity index is 748. The van der Waals surface area contributed by atoms with Gasteiger partial charge in [-0.2, -0.15) is 0 Å². The van der Waals surface area contributed by atoms with Crippen LogP contribution in [0.15, 0.2) is 48.2 Å². The fraction of sp³-hybridized carbons (Fsp3) is 0.200. The molecule has 122 valence electrons. The summed E-state index contributed by atoms with van der Waals surface area (Å²) in [6, 6.07) is 6.06. The van der Waals surface area contributed by atoms with E-state index in [1.165, 1.54) is 30.4 Å². The average molecular weight is 337 g/mol. The number of hydrogen-bond donors (Lipinski definition) is 4. The van der Waals surface area contributed by atoms with Crippen LogP contribution in [-0.4, -0.2) is 26.5 Å². The van der Waals surface area contributed by atoms with Crippen LogP contribution in [0, 0.1) is 5.92 Å². The van der Waals surface area contributed by atoms with Crippen LogP contribution < -0.4 is 5.09 Å². The molecule has 1 aliphatic carbocycles. The van der Waals surface area contributed by atoms with Crippen LogP contribution in [0.2, 0.25) is 0 Å². The van der Waals surface area contributed by atoms with Crippen LogP contribution in [0.3, 0.4) is 0 Å². The number of hydrogen-bond acceptors (Lipinski definition) is 4. The van der Waals surface area contributed by atoms with Gasteiger partial charge in [-0.1, -0.05) is 25.1 Å². The Kier molecular flexibility index (Phi) is 4.85. The maximum absolute atomic E-state index is 12.6. The van der Waals surface area contributed by atoms with Gasteiger partial charge in [0.25, 0.3) is 0 Å². The lowest BCUT2D eigenvalue weighted by molar-refractivity contribution is -0.129. The highest BCUT2D eigenvalue weighted by atomic mass is 31.2. The molecule has 0 saturated heterocycles. The van der Waals surface area contributed by atoms with E-state index in [4.69, 9.17) is 9.79 Å². The molecule has 0 amide bonds. The molecule has 2 rings (SSSR count). The van der Waals surface area contributed by atoms with Gasteiger partial charge in [0.15, 0.2) is 11.6 Å². The van der Waals surface area contributed by atoms with E-state index in [0.29, 0.717) is 5.56 Å². The highest BCUT2D eigenvalue weighted by Crippen LogP contribution is 2.35. The molecule has 1 aromatic carbocycles. The molecule has 0 aromatic heterocycles. The zero-order valence-electron chi connectivity index (χ0n) is 12.2. The standard InChI is InChI=1S/C15H16NO6P/c1-9(10-4-2-5-11(17)8-10)15(19)14-12(16-23(20,21)22)6-3-7-13(14)18/h2-9,14,17H,1H3,(H3,16,20,21,22). The third-order valence-electron chi connectivity index (χ3n) is 3.49. The Labute approximate surface area is 132 Å². The van der Waals surface area contributed by atoms with Crippen molar-refractivity contribution in [2.45, 2.75) is 12.8 Å². The second kappa shape index (κ2) is 6.50. The van der Waals surface area contributed by atoms with Crippen LogP contribution >= 0.6 is 7.75 Å². The van der Waals surface area contributed by atoms with Crippen LogP contribution in [0.25, 0.3) is 0 Å². The molecule has 2 unspecified atom stereocenters. The lowest BCUT2D eigenvalue weighted by Gasteiger charge is -2.24. The van der Waals surface area contributed by atoms with Crippen molar-refractivity contribution in [1.29, 1.82) is 0 Å². The number of phenolic OH excluding ortho intramolecular Hbond substituents is 1. The van der Waals surface area contributed by atoms with Crippen molar-refractivity contribution in [3.8, 4) is 5.75 Å². The largest absolute Gasteiger partial charge is 0.508 e. The monoisotopic (exact) mass is 337 g/mol. The molecule has 4 N–H and O–H groups in total. The van der Waals surface area contributed by atoms with E-state index in [-0.39, 0.29) is 11.4 Å². The van der Waals surface area contributed by atoms with E-state index in [9.17, 15) is 19.3 Å². The van der Waals surface area contributed by atoms with Gasteiger partial charge in [-0.15, -0.1) is 0 Å². The zero-order valence-corrected chi connectivity index (χ0v) is 13.1. The maximum atomic E-state index is 12.6. The smallest absolute Gasteiger partial charge is 0.427 e. The van der Waals surface area contributed by atoms with Gasteiger partial charge in [0.1, 0.15) is 11.7 Å². The van der Waals surface area contributed by atoms with Gasteiger partial charge in [-0.3, -0.25) is 14.7 Å². The lowest BCUT2D eigenvalue weighted by atomic mass is 9.83. The molecule has 0 bridgehead atoms. The second-order valence-electron chi connectivity index (χ2n) is 5.19. The van der Waals surface area contributed by atoms with Crippen molar-refractivity contribution in [1.82, 2.24) is 5.09 Å². The third-order valence-corrected chi connectivity index (χ3v) is 4.04. The third kappa shape index (κ3) is 4.16. The van der Waals surface area contributed by atoms with Gasteiger partial charge in [0.2, 0.25) is 0 Å². The SMILES string of the molecule is CC(C(=O)C1C(=O)C=CC=C1NP(=O)(O)O)c1cccc(O)c1. The predicted octanol–water partition coefficient (Wildman–Crippen LogP) is 1.39. The van der Waals surface area contributed by atoms with E-state index in [1.807, 2.05) is 5.09 Å². The van der Waals surface area contributed by atoms with Gasteiger partial charge in [-0.25, -0.2) is 4.57 Å². The average Bonchev–Trinajstić information content (AvgIpc) is 2.44. The topological polar surface area (TPSA) is 124 Å². The summed E-state index contributed by atoms with van der Waals surface area (Å²) in [4.78, 5) is 42.7. The minimum absolute atomic E-state index is 0.0128. The van der Waals surface area contributed by atoms with Crippen LogP contribution in [0.5, 0.6) is 5.75 Å². The van der Waals surface area contributed by atoms with Crippen molar-refractivity contribution in [3.05, 3.63) is 53.8 Å². The number of Topliss-reactive ketones (excluding diaryl/α,β-unsaturated/α-hetero) is 1. The Morgan fingerprint density at radius 3 is 2.65 bits per heavy atom. The van der Waals surface area contributed by atoms with E-state index >= 15 is 0 Å². The van der Waals surface area contributed by atoms with Gasteiger partial charge < -0.3 is 14.9 Å². The molecule has 8 heteroatoms. The van der Waals surface area contributed by atoms with Crippen LogP contribution in [0.4, 0.5) is 0 Å². The van der Waals surface area contributed by atoms with Crippen molar-refractivity contribution in [2.24, 2.45) is 5.92 Å². The van der Waals surface area contributed by atoms with Crippen molar-refractivity contribution >= 4 is 19.3 Å². The summed E-state index contributed by atoms with van der Waals surface area (Å²) in [5, 5.41) is 11.4. The van der Waals surface area contributed by atoms with Gasteiger partial charge in [0, 0.05) is 11.6 Å². The van der Waals surface area contributed by atoms with Crippen LogP contribution in [0.1, 0.15) is 18.4 Å². The van der Waals surface area contributed by atoms with Gasteiger partial charge in [0.05, 0.1) is 0 Å². The number of ketones is 2. The molecule has 0 heterocycles. The second-order valence-corrected chi connectivity index (χ2v) is 6.50. The number of aromatic hydroxyl groups is 1. The lowest BCUT2D eigenvalue weighted by Crippen LogP contribution is -2.34. The van der Waals surface area contributed by atoms with Crippen molar-refractivity contribution < 1.29 is 29.0 Å². The normalized spacial score (nSPS) is 19.2. The molecule has 0 radical (unpaired) electrons. The highest BCUT2D eigenvalue weighted by Gasteiger charge is 2.36. The summed E-state index contributed by atoms with van der Waals surface area (Å²) in [5.74, 6) is -3.13. The summed E-state index contributed by atoms with van der Waals surface area (Å²) in [6.45, 7) is 1.57. The van der Waals surface area contributed by atoms with E-state index in [1.54, 1.807) is 19.1 Å². The summed E-state index contributed by atoms with van der Waals surface area (Å²) >= 11 is 0. The molecule has 0 aliphatic heterocycles. The van der Waals surface area contributed by atoms with Gasteiger partial charge in [-0.05, 0) is 29.8 Å². The fourth-order valence-electron chi connectivity index (χ4n) is 2.36. The molecule has 7 nitrogen and oxygen atoms in total. The highest BCUT2D eigenvalue weighted by molar-refractivity contribution is 7.49. The molecular formula is C15H16NO6P. The first-order valence-corrected chi connectivity index (χ1v) is 8.39.